The van der Waals surface area contributed by atoms with E-state index in [1.807, 2.05) is 13.0 Å². The number of nitrogens with one attached hydrogen (secondary N) is 1. The van der Waals surface area contributed by atoms with Crippen LogP contribution in [0.4, 0.5) is 0 Å². The number of nitriles is 1. The molecule has 0 saturated heterocycles. The van der Waals surface area contributed by atoms with Crippen molar-refractivity contribution in [3.8, 4) is 6.07 Å². The number of amides is 1. The number of rotatable bonds is 5. The lowest BCUT2D eigenvalue weighted by Gasteiger charge is -2.15. The van der Waals surface area contributed by atoms with Gasteiger partial charge in [0.25, 0.3) is 5.91 Å². The van der Waals surface area contributed by atoms with Gasteiger partial charge in [-0.1, -0.05) is 12.1 Å². The molecule has 0 spiro atoms. The Morgan fingerprint density at radius 2 is 1.56 bits per heavy atom. The number of sulfone groups is 1. The first-order valence-electron chi connectivity index (χ1n) is 7.90. The summed E-state index contributed by atoms with van der Waals surface area (Å²) in [6, 6.07) is 14.7. The molecule has 130 valence electrons. The third-order valence-electron chi connectivity index (χ3n) is 3.95. The second kappa shape index (κ2) is 7.49. The zero-order chi connectivity index (χ0) is 18.6. The van der Waals surface area contributed by atoms with Crippen molar-refractivity contribution in [1.29, 1.82) is 5.26 Å². The molecular weight excluding hydrogens is 336 g/mol. The molecular formula is C19H20N2O3S. The van der Waals surface area contributed by atoms with E-state index in [2.05, 4.69) is 5.32 Å². The van der Waals surface area contributed by atoms with E-state index in [1.54, 1.807) is 38.1 Å². The Bertz CT molecular complexity index is 893. The Morgan fingerprint density at radius 3 is 2.04 bits per heavy atom. The summed E-state index contributed by atoms with van der Waals surface area (Å²) in [6.07, 6.45) is 0. The van der Waals surface area contributed by atoms with Crippen molar-refractivity contribution in [1.82, 2.24) is 5.32 Å². The third kappa shape index (κ3) is 4.25. The van der Waals surface area contributed by atoms with Gasteiger partial charge in [-0.25, -0.2) is 8.42 Å². The highest BCUT2D eigenvalue weighted by molar-refractivity contribution is 7.92. The van der Waals surface area contributed by atoms with Crippen LogP contribution in [-0.2, 0) is 9.84 Å². The first-order valence-corrected chi connectivity index (χ1v) is 9.45. The van der Waals surface area contributed by atoms with Gasteiger partial charge in [0.05, 0.1) is 27.8 Å². The molecule has 0 heterocycles. The molecule has 0 bridgehead atoms. The molecule has 0 saturated carbocycles. The van der Waals surface area contributed by atoms with E-state index in [1.165, 1.54) is 24.3 Å². The molecule has 1 atom stereocenters. The Labute approximate surface area is 148 Å². The minimum atomic E-state index is -3.35. The molecule has 25 heavy (non-hydrogen) atoms. The third-order valence-corrected chi connectivity index (χ3v) is 6.12. The van der Waals surface area contributed by atoms with Gasteiger partial charge in [0.2, 0.25) is 0 Å². The first kappa shape index (κ1) is 18.7. The lowest BCUT2D eigenvalue weighted by atomic mass is 10.1. The smallest absolute Gasteiger partial charge is 0.251 e. The minimum Gasteiger partial charge on any atom is -0.346 e. The Kier molecular flexibility index (Phi) is 5.60. The predicted octanol–water partition coefficient (Wildman–Crippen LogP) is 3.23. The Hall–Kier alpha value is -2.65. The average Bonchev–Trinajstić information content (AvgIpc) is 2.61. The molecule has 1 amide bonds. The fraction of sp³-hybridized carbons (Fsp3) is 0.263. The highest BCUT2D eigenvalue weighted by Crippen LogP contribution is 2.18. The zero-order valence-electron chi connectivity index (χ0n) is 14.4. The molecule has 5 nitrogen and oxygen atoms in total. The molecule has 2 rings (SSSR count). The van der Waals surface area contributed by atoms with Gasteiger partial charge in [-0.2, -0.15) is 5.26 Å². The van der Waals surface area contributed by atoms with E-state index in [9.17, 15) is 13.2 Å². The maximum absolute atomic E-state index is 12.3. The maximum atomic E-state index is 12.3. The second-order valence-electron chi connectivity index (χ2n) is 6.05. The summed E-state index contributed by atoms with van der Waals surface area (Å²) in [5.74, 6) is -0.287. The summed E-state index contributed by atoms with van der Waals surface area (Å²) >= 11 is 0. The SMILES string of the molecule is CC(NC(=O)c1ccc(S(=O)(=O)C(C)C)cc1)c1ccc(C#N)cc1. The van der Waals surface area contributed by atoms with Gasteiger partial charge in [-0.05, 0) is 62.7 Å². The van der Waals surface area contributed by atoms with Crippen LogP contribution in [0.15, 0.2) is 53.4 Å². The van der Waals surface area contributed by atoms with E-state index in [0.717, 1.165) is 5.56 Å². The van der Waals surface area contributed by atoms with Crippen molar-refractivity contribution in [3.05, 3.63) is 65.2 Å². The van der Waals surface area contributed by atoms with Crippen molar-refractivity contribution in [3.63, 3.8) is 0 Å². The van der Waals surface area contributed by atoms with E-state index in [4.69, 9.17) is 5.26 Å². The van der Waals surface area contributed by atoms with Crippen molar-refractivity contribution >= 4 is 15.7 Å². The van der Waals surface area contributed by atoms with Gasteiger partial charge in [-0.15, -0.1) is 0 Å². The van der Waals surface area contributed by atoms with Crippen LogP contribution < -0.4 is 5.32 Å². The molecule has 0 aliphatic rings. The second-order valence-corrected chi connectivity index (χ2v) is 8.55. The fourth-order valence-electron chi connectivity index (χ4n) is 2.28. The molecule has 0 aliphatic carbocycles. The molecule has 0 aromatic heterocycles. The van der Waals surface area contributed by atoms with Crippen molar-refractivity contribution in [2.75, 3.05) is 0 Å². The van der Waals surface area contributed by atoms with Gasteiger partial charge >= 0.3 is 0 Å². The monoisotopic (exact) mass is 356 g/mol. The van der Waals surface area contributed by atoms with Crippen LogP contribution in [0, 0.1) is 11.3 Å². The number of nitrogens with zero attached hydrogens (tertiary/aromatic N) is 1. The van der Waals surface area contributed by atoms with Crippen molar-refractivity contribution in [2.45, 2.75) is 37.0 Å². The molecule has 1 unspecified atom stereocenters. The topological polar surface area (TPSA) is 87.0 Å². The molecule has 0 aliphatic heterocycles. The van der Waals surface area contributed by atoms with Gasteiger partial charge in [0, 0.05) is 5.56 Å². The van der Waals surface area contributed by atoms with Gasteiger partial charge in [0.1, 0.15) is 0 Å². The van der Waals surface area contributed by atoms with Crippen molar-refractivity contribution in [2.24, 2.45) is 0 Å². The molecule has 0 fully saturated rings. The summed E-state index contributed by atoms with van der Waals surface area (Å²) in [4.78, 5) is 12.5. The summed E-state index contributed by atoms with van der Waals surface area (Å²) in [5.41, 5.74) is 1.83. The summed E-state index contributed by atoms with van der Waals surface area (Å²) in [5, 5.41) is 11.2. The van der Waals surface area contributed by atoms with Crippen LogP contribution in [0.5, 0.6) is 0 Å². The molecule has 2 aromatic carbocycles. The lowest BCUT2D eigenvalue weighted by molar-refractivity contribution is 0.0940. The number of benzene rings is 2. The predicted molar refractivity (Wildman–Crippen MR) is 95.8 cm³/mol. The van der Waals surface area contributed by atoms with Gasteiger partial charge < -0.3 is 5.32 Å². The van der Waals surface area contributed by atoms with Crippen LogP contribution in [0.3, 0.4) is 0 Å². The van der Waals surface area contributed by atoms with E-state index in [-0.39, 0.29) is 16.8 Å². The summed E-state index contributed by atoms with van der Waals surface area (Å²) in [7, 11) is -3.35. The van der Waals surface area contributed by atoms with E-state index >= 15 is 0 Å². The molecule has 0 radical (unpaired) electrons. The number of carbonyl (C=O) groups is 1. The lowest BCUT2D eigenvalue weighted by Crippen LogP contribution is -2.26. The number of hydrogen-bond donors (Lipinski definition) is 1. The average molecular weight is 356 g/mol. The molecule has 6 heteroatoms. The number of carbonyl (C=O) groups excluding carboxylic acids is 1. The highest BCUT2D eigenvalue weighted by Gasteiger charge is 2.19. The van der Waals surface area contributed by atoms with E-state index in [0.29, 0.717) is 11.1 Å². The minimum absolute atomic E-state index is 0.208. The Morgan fingerprint density at radius 1 is 1.00 bits per heavy atom. The van der Waals surface area contributed by atoms with Crippen molar-refractivity contribution < 1.29 is 13.2 Å². The van der Waals surface area contributed by atoms with Crippen LogP contribution >= 0.6 is 0 Å². The molecule has 1 N–H and O–H groups in total. The van der Waals surface area contributed by atoms with Gasteiger partial charge in [-0.3, -0.25) is 4.79 Å². The largest absolute Gasteiger partial charge is 0.346 e. The Balaban J connectivity index is 2.11. The normalized spacial score (nSPS) is 12.4. The number of hydrogen-bond acceptors (Lipinski definition) is 4. The zero-order valence-corrected chi connectivity index (χ0v) is 15.2. The summed E-state index contributed by atoms with van der Waals surface area (Å²) < 4.78 is 24.2. The highest BCUT2D eigenvalue weighted by atomic mass is 32.2. The fourth-order valence-corrected chi connectivity index (χ4v) is 3.34. The van der Waals surface area contributed by atoms with Crippen LogP contribution in [0.2, 0.25) is 0 Å². The van der Waals surface area contributed by atoms with Crippen LogP contribution in [0.25, 0.3) is 0 Å². The van der Waals surface area contributed by atoms with Gasteiger partial charge in [0.15, 0.2) is 9.84 Å². The summed E-state index contributed by atoms with van der Waals surface area (Å²) in [6.45, 7) is 5.08. The first-order chi connectivity index (χ1) is 11.8. The standard InChI is InChI=1S/C19H20N2O3S/c1-13(2)25(23,24)18-10-8-17(9-11-18)19(22)21-14(3)16-6-4-15(12-20)5-7-16/h4-11,13-14H,1-3H3,(H,21,22). The van der Waals surface area contributed by atoms with Crippen LogP contribution in [-0.4, -0.2) is 19.6 Å². The quantitative estimate of drug-likeness (QED) is 0.891. The maximum Gasteiger partial charge on any atom is 0.251 e. The van der Waals surface area contributed by atoms with E-state index < -0.39 is 15.1 Å². The van der Waals surface area contributed by atoms with Crippen LogP contribution in [0.1, 0.15) is 48.3 Å². The molecule has 2 aromatic rings.